The van der Waals surface area contributed by atoms with Crippen LogP contribution in [0.15, 0.2) is 17.2 Å². The highest BCUT2D eigenvalue weighted by molar-refractivity contribution is 6.40. The van der Waals surface area contributed by atoms with Crippen LogP contribution in [-0.2, 0) is 0 Å². The Bertz CT molecular complexity index is 441. The molecule has 0 aliphatic rings. The number of azide groups is 1. The van der Waals surface area contributed by atoms with Gasteiger partial charge in [-0.3, -0.25) is 4.79 Å². The highest BCUT2D eigenvalue weighted by Crippen LogP contribution is 2.05. The van der Waals surface area contributed by atoms with E-state index in [2.05, 4.69) is 10.0 Å². The summed E-state index contributed by atoms with van der Waals surface area (Å²) in [7, 11) is 10.7. The van der Waals surface area contributed by atoms with Gasteiger partial charge in [0.2, 0.25) is 5.91 Å². The molecule has 1 rings (SSSR count). The maximum absolute atomic E-state index is 11.1. The van der Waals surface area contributed by atoms with Crippen molar-refractivity contribution in [2.45, 2.75) is 0 Å². The molecular formula is C7H3B2N3O2. The molecule has 1 N–H and O–H groups in total. The number of aromatic hydroxyl groups is 1. The van der Waals surface area contributed by atoms with Crippen molar-refractivity contribution in [1.29, 1.82) is 0 Å². The van der Waals surface area contributed by atoms with Crippen LogP contribution in [0.2, 0.25) is 0 Å². The van der Waals surface area contributed by atoms with Crippen molar-refractivity contribution in [1.82, 2.24) is 0 Å². The summed E-state index contributed by atoms with van der Waals surface area (Å²) in [4.78, 5) is 13.4. The molecule has 0 aliphatic heterocycles. The molecule has 4 radical (unpaired) electrons. The fourth-order valence-corrected chi connectivity index (χ4v) is 0.931. The normalized spacial score (nSPS) is 9.14. The molecule has 0 atom stereocenters. The van der Waals surface area contributed by atoms with Crippen LogP contribution in [0.25, 0.3) is 10.4 Å². The smallest absolute Gasteiger partial charge is 0.248 e. The molecule has 0 heterocycles. The minimum absolute atomic E-state index is 0.111. The summed E-state index contributed by atoms with van der Waals surface area (Å²) in [5, 5.41) is 12.0. The lowest BCUT2D eigenvalue weighted by atomic mass is 9.83. The summed E-state index contributed by atoms with van der Waals surface area (Å²) < 4.78 is 0. The Balaban J connectivity index is 3.33. The van der Waals surface area contributed by atoms with E-state index in [0.717, 1.165) is 0 Å². The first-order chi connectivity index (χ1) is 6.56. The van der Waals surface area contributed by atoms with E-state index in [1.807, 2.05) is 0 Å². The van der Waals surface area contributed by atoms with E-state index >= 15 is 0 Å². The SMILES string of the molecule is [B]c1cc(O)c([B])c(C(=O)N=[N+]=[N-])c1. The number of carbonyl (C=O) groups excluding carboxylic acids is 1. The second-order valence-corrected chi connectivity index (χ2v) is 2.50. The van der Waals surface area contributed by atoms with Gasteiger partial charge in [0.05, 0.1) is 0 Å². The fourth-order valence-electron chi connectivity index (χ4n) is 0.931. The molecule has 0 saturated carbocycles. The third-order valence-electron chi connectivity index (χ3n) is 1.55. The molecular weight excluding hydrogens is 180 g/mol. The van der Waals surface area contributed by atoms with Gasteiger partial charge in [-0.25, -0.2) is 0 Å². The van der Waals surface area contributed by atoms with Gasteiger partial charge >= 0.3 is 0 Å². The van der Waals surface area contributed by atoms with Gasteiger partial charge in [-0.15, -0.1) is 0 Å². The second-order valence-electron chi connectivity index (χ2n) is 2.50. The van der Waals surface area contributed by atoms with Gasteiger partial charge in [-0.2, -0.15) is 0 Å². The molecule has 0 unspecified atom stereocenters. The maximum Gasteiger partial charge on any atom is 0.248 e. The van der Waals surface area contributed by atoms with E-state index in [4.69, 9.17) is 21.2 Å². The number of nitrogens with zero attached hydrogens (tertiary/aromatic N) is 3. The van der Waals surface area contributed by atoms with Crippen molar-refractivity contribution in [2.24, 2.45) is 5.11 Å². The molecule has 7 heteroatoms. The van der Waals surface area contributed by atoms with Crippen molar-refractivity contribution >= 4 is 32.5 Å². The number of rotatable bonds is 1. The molecule has 0 aliphatic carbocycles. The average molecular weight is 183 g/mol. The molecule has 0 spiro atoms. The van der Waals surface area contributed by atoms with Gasteiger partial charge in [-0.1, -0.05) is 11.5 Å². The molecule has 0 saturated heterocycles. The summed E-state index contributed by atoms with van der Waals surface area (Å²) in [6.07, 6.45) is 0. The van der Waals surface area contributed by atoms with Crippen LogP contribution in [0, 0.1) is 0 Å². The molecule has 5 nitrogen and oxygen atoms in total. The van der Waals surface area contributed by atoms with Crippen LogP contribution in [0.3, 0.4) is 0 Å². The number of carbonyl (C=O) groups is 1. The number of benzene rings is 1. The second kappa shape index (κ2) is 3.89. The topological polar surface area (TPSA) is 86.1 Å². The molecule has 64 valence electrons. The van der Waals surface area contributed by atoms with Crippen molar-refractivity contribution < 1.29 is 9.90 Å². The quantitative estimate of drug-likeness (QED) is 0.273. The summed E-state index contributed by atoms with van der Waals surface area (Å²) in [6, 6.07) is 2.42. The number of amides is 1. The molecule has 0 fully saturated rings. The minimum atomic E-state index is -0.882. The fraction of sp³-hybridized carbons (Fsp3) is 0. The lowest BCUT2D eigenvalue weighted by molar-refractivity contribution is 0.100. The van der Waals surface area contributed by atoms with Gasteiger partial charge in [0.1, 0.15) is 21.4 Å². The Labute approximate surface area is 82.2 Å². The highest BCUT2D eigenvalue weighted by Gasteiger charge is 2.09. The summed E-state index contributed by atoms with van der Waals surface area (Å²) >= 11 is 0. The first-order valence-electron chi connectivity index (χ1n) is 3.53. The Hall–Kier alpha value is -1.87. The third kappa shape index (κ3) is 1.89. The van der Waals surface area contributed by atoms with Gasteiger partial charge < -0.3 is 5.11 Å². The lowest BCUT2D eigenvalue weighted by Crippen LogP contribution is -2.19. The first kappa shape index (κ1) is 10.2. The number of phenols is 1. The Kier molecular flexibility index (Phi) is 2.84. The van der Waals surface area contributed by atoms with Gasteiger partial charge in [0.25, 0.3) is 0 Å². The van der Waals surface area contributed by atoms with Crippen molar-refractivity contribution in [2.75, 3.05) is 0 Å². The largest absolute Gasteiger partial charge is 0.509 e. The average Bonchev–Trinajstić information content (AvgIpc) is 2.11. The van der Waals surface area contributed by atoms with E-state index in [9.17, 15) is 9.90 Å². The van der Waals surface area contributed by atoms with Gasteiger partial charge in [0.15, 0.2) is 0 Å². The van der Waals surface area contributed by atoms with Crippen molar-refractivity contribution in [3.8, 4) is 5.75 Å². The van der Waals surface area contributed by atoms with Crippen LogP contribution in [0.4, 0.5) is 0 Å². The highest BCUT2D eigenvalue weighted by atomic mass is 16.3. The van der Waals surface area contributed by atoms with Gasteiger partial charge in [-0.05, 0) is 22.2 Å². The van der Waals surface area contributed by atoms with Crippen LogP contribution in [-0.4, -0.2) is 26.7 Å². The van der Waals surface area contributed by atoms with E-state index < -0.39 is 5.91 Å². The summed E-state index contributed by atoms with van der Waals surface area (Å²) in [5.41, 5.74) is 7.92. The summed E-state index contributed by atoms with van der Waals surface area (Å²) in [5.74, 6) is -1.20. The van der Waals surface area contributed by atoms with Crippen LogP contribution >= 0.6 is 0 Å². The lowest BCUT2D eigenvalue weighted by Gasteiger charge is -2.06. The predicted octanol–water partition coefficient (Wildman–Crippen LogP) is -0.570. The van der Waals surface area contributed by atoms with Crippen molar-refractivity contribution in [3.05, 3.63) is 28.1 Å². The van der Waals surface area contributed by atoms with E-state index in [-0.39, 0.29) is 22.2 Å². The molecule has 14 heavy (non-hydrogen) atoms. The van der Waals surface area contributed by atoms with Crippen LogP contribution in [0.1, 0.15) is 10.4 Å². The Morgan fingerprint density at radius 2 is 2.14 bits per heavy atom. The minimum Gasteiger partial charge on any atom is -0.509 e. The Morgan fingerprint density at radius 3 is 2.71 bits per heavy atom. The number of phenolic OH excluding ortho intramolecular Hbond substituents is 1. The zero-order chi connectivity index (χ0) is 10.7. The Morgan fingerprint density at radius 1 is 1.50 bits per heavy atom. The molecule has 0 bridgehead atoms. The molecule has 1 amide bonds. The zero-order valence-electron chi connectivity index (χ0n) is 7.01. The molecule has 0 aromatic heterocycles. The van der Waals surface area contributed by atoms with Crippen LogP contribution in [0.5, 0.6) is 5.75 Å². The maximum atomic E-state index is 11.1. The predicted molar refractivity (Wildman–Crippen MR) is 52.4 cm³/mol. The number of hydrogen-bond acceptors (Lipinski definition) is 2. The number of hydrogen-bond donors (Lipinski definition) is 1. The molecule has 1 aromatic carbocycles. The monoisotopic (exact) mass is 183 g/mol. The third-order valence-corrected chi connectivity index (χ3v) is 1.55. The zero-order valence-corrected chi connectivity index (χ0v) is 7.01. The van der Waals surface area contributed by atoms with E-state index in [1.165, 1.54) is 12.1 Å². The van der Waals surface area contributed by atoms with E-state index in [1.54, 1.807) is 0 Å². The summed E-state index contributed by atoms with van der Waals surface area (Å²) in [6.45, 7) is 0. The molecule has 1 aromatic rings. The van der Waals surface area contributed by atoms with E-state index in [0.29, 0.717) is 0 Å². The first-order valence-corrected chi connectivity index (χ1v) is 3.53. The van der Waals surface area contributed by atoms with Crippen molar-refractivity contribution in [3.63, 3.8) is 0 Å². The van der Waals surface area contributed by atoms with Gasteiger partial charge in [0, 0.05) is 10.5 Å². The standard InChI is InChI=1S/C7H3B2N3O2/c8-3-1-4(7(14)11-12-10)6(9)5(13)2-3/h1-2,13H. The van der Waals surface area contributed by atoms with Crippen LogP contribution < -0.4 is 10.9 Å².